The van der Waals surface area contributed by atoms with Gasteiger partial charge in [0.2, 0.25) is 0 Å². The molecule has 1 atom stereocenters. The summed E-state index contributed by atoms with van der Waals surface area (Å²) in [7, 11) is 2.09. The van der Waals surface area contributed by atoms with Gasteiger partial charge < -0.3 is 10.0 Å². The average molecular weight is 206 g/mol. The van der Waals surface area contributed by atoms with E-state index in [0.717, 1.165) is 11.4 Å². The number of hydrogen-bond donors (Lipinski definition) is 1. The Bertz CT molecular complexity index is 317. The monoisotopic (exact) mass is 206 g/mol. The summed E-state index contributed by atoms with van der Waals surface area (Å²) in [5, 5.41) is 9.37. The zero-order valence-electron chi connectivity index (χ0n) is 9.35. The second kappa shape index (κ2) is 4.19. The van der Waals surface area contributed by atoms with Crippen LogP contribution >= 0.6 is 0 Å². The van der Waals surface area contributed by atoms with Gasteiger partial charge in [0, 0.05) is 19.3 Å². The van der Waals surface area contributed by atoms with E-state index < -0.39 is 6.10 Å². The molecule has 2 rings (SSSR count). The lowest BCUT2D eigenvalue weighted by atomic mass is 9.92. The Balaban J connectivity index is 2.08. The topological polar surface area (TPSA) is 36.4 Å². The summed E-state index contributed by atoms with van der Waals surface area (Å²) < 4.78 is 0. The highest BCUT2D eigenvalue weighted by Crippen LogP contribution is 2.27. The Labute approximate surface area is 90.8 Å². The van der Waals surface area contributed by atoms with Crippen molar-refractivity contribution in [3.63, 3.8) is 0 Å². The average Bonchev–Trinajstić information content (AvgIpc) is 2.15. The lowest BCUT2D eigenvalue weighted by Gasteiger charge is -2.35. The summed E-state index contributed by atoms with van der Waals surface area (Å²) >= 11 is 0. The van der Waals surface area contributed by atoms with Crippen LogP contribution < -0.4 is 4.90 Å². The minimum absolute atomic E-state index is 0.430. The minimum atomic E-state index is -0.430. The van der Waals surface area contributed by atoms with Gasteiger partial charge in [-0.25, -0.2) is 4.98 Å². The number of rotatable bonds is 3. The number of nitrogens with zero attached hydrogens (tertiary/aromatic N) is 2. The van der Waals surface area contributed by atoms with Crippen molar-refractivity contribution in [2.24, 2.45) is 0 Å². The molecular formula is C12H18N2O. The quantitative estimate of drug-likeness (QED) is 0.823. The van der Waals surface area contributed by atoms with E-state index in [2.05, 4.69) is 16.9 Å². The number of anilines is 1. The van der Waals surface area contributed by atoms with Crippen molar-refractivity contribution in [1.82, 2.24) is 4.98 Å². The third-order valence-corrected chi connectivity index (χ3v) is 3.24. The van der Waals surface area contributed by atoms with Gasteiger partial charge in [0.1, 0.15) is 5.82 Å². The van der Waals surface area contributed by atoms with Gasteiger partial charge in [-0.2, -0.15) is 0 Å². The van der Waals surface area contributed by atoms with E-state index in [1.165, 1.54) is 19.3 Å². The Morgan fingerprint density at radius 2 is 2.20 bits per heavy atom. The van der Waals surface area contributed by atoms with Gasteiger partial charge in [-0.15, -0.1) is 0 Å². The third kappa shape index (κ3) is 2.12. The molecule has 0 amide bonds. The van der Waals surface area contributed by atoms with Crippen LogP contribution in [0.4, 0.5) is 5.82 Å². The van der Waals surface area contributed by atoms with Gasteiger partial charge in [0.05, 0.1) is 6.10 Å². The molecule has 15 heavy (non-hydrogen) atoms. The van der Waals surface area contributed by atoms with Crippen molar-refractivity contribution in [2.45, 2.75) is 38.3 Å². The van der Waals surface area contributed by atoms with Crippen molar-refractivity contribution in [3.8, 4) is 0 Å². The summed E-state index contributed by atoms with van der Waals surface area (Å²) in [5.41, 5.74) is 0.876. The smallest absolute Gasteiger partial charge is 0.128 e. The number of aliphatic hydroxyl groups excluding tert-OH is 1. The first kappa shape index (κ1) is 10.4. The second-order valence-electron chi connectivity index (χ2n) is 4.32. The fourth-order valence-electron chi connectivity index (χ4n) is 1.81. The first-order valence-electron chi connectivity index (χ1n) is 5.55. The standard InChI is InChI=1S/C12H18N2O/c1-9(15)10-6-7-12(13-8-10)14(2)11-4-3-5-11/h6-9,11,15H,3-5H2,1-2H3/t9-/m0/s1. The lowest BCUT2D eigenvalue weighted by molar-refractivity contribution is 0.199. The summed E-state index contributed by atoms with van der Waals surface area (Å²) in [5.74, 6) is 1.00. The Kier molecular flexibility index (Phi) is 2.91. The van der Waals surface area contributed by atoms with Gasteiger partial charge in [-0.1, -0.05) is 6.07 Å². The number of aromatic nitrogens is 1. The molecule has 1 aliphatic carbocycles. The van der Waals surface area contributed by atoms with Crippen LogP contribution in [0.1, 0.15) is 37.9 Å². The first-order chi connectivity index (χ1) is 7.18. The van der Waals surface area contributed by atoms with E-state index in [1.54, 1.807) is 13.1 Å². The molecular weight excluding hydrogens is 188 g/mol. The van der Waals surface area contributed by atoms with E-state index in [1.807, 2.05) is 12.1 Å². The van der Waals surface area contributed by atoms with E-state index >= 15 is 0 Å². The molecule has 0 spiro atoms. The van der Waals surface area contributed by atoms with E-state index in [9.17, 15) is 5.11 Å². The predicted molar refractivity (Wildman–Crippen MR) is 60.9 cm³/mol. The first-order valence-corrected chi connectivity index (χ1v) is 5.55. The molecule has 1 saturated carbocycles. The molecule has 3 heteroatoms. The zero-order chi connectivity index (χ0) is 10.8. The lowest BCUT2D eigenvalue weighted by Crippen LogP contribution is -2.37. The highest BCUT2D eigenvalue weighted by atomic mass is 16.3. The van der Waals surface area contributed by atoms with Crippen LogP contribution in [0.15, 0.2) is 18.3 Å². The molecule has 0 bridgehead atoms. The maximum Gasteiger partial charge on any atom is 0.128 e. The fraction of sp³-hybridized carbons (Fsp3) is 0.583. The Hall–Kier alpha value is -1.09. The molecule has 3 nitrogen and oxygen atoms in total. The zero-order valence-corrected chi connectivity index (χ0v) is 9.35. The highest BCUT2D eigenvalue weighted by Gasteiger charge is 2.22. The molecule has 0 aliphatic heterocycles. The van der Waals surface area contributed by atoms with Crippen LogP contribution in [0.5, 0.6) is 0 Å². The molecule has 1 aliphatic rings. The van der Waals surface area contributed by atoms with Crippen LogP contribution in [0.25, 0.3) is 0 Å². The maximum atomic E-state index is 9.37. The second-order valence-corrected chi connectivity index (χ2v) is 4.32. The van der Waals surface area contributed by atoms with Crippen molar-refractivity contribution < 1.29 is 5.11 Å². The molecule has 0 radical (unpaired) electrons. The van der Waals surface area contributed by atoms with Gasteiger partial charge in [0.15, 0.2) is 0 Å². The molecule has 1 fully saturated rings. The molecule has 1 N–H and O–H groups in total. The number of aliphatic hydroxyl groups is 1. The van der Waals surface area contributed by atoms with E-state index in [0.29, 0.717) is 6.04 Å². The summed E-state index contributed by atoms with van der Waals surface area (Å²) in [4.78, 5) is 6.60. The van der Waals surface area contributed by atoms with Gasteiger partial charge in [-0.3, -0.25) is 0 Å². The maximum absolute atomic E-state index is 9.37. The number of pyridine rings is 1. The molecule has 82 valence electrons. The largest absolute Gasteiger partial charge is 0.389 e. The SMILES string of the molecule is C[C@H](O)c1ccc(N(C)C2CCC2)nc1. The van der Waals surface area contributed by atoms with Crippen LogP contribution in [0, 0.1) is 0 Å². The van der Waals surface area contributed by atoms with E-state index in [4.69, 9.17) is 0 Å². The normalized spacial score (nSPS) is 18.3. The molecule has 1 heterocycles. The van der Waals surface area contributed by atoms with Crippen molar-refractivity contribution in [2.75, 3.05) is 11.9 Å². The van der Waals surface area contributed by atoms with Crippen molar-refractivity contribution in [1.29, 1.82) is 0 Å². The number of hydrogen-bond acceptors (Lipinski definition) is 3. The van der Waals surface area contributed by atoms with Crippen LogP contribution in [-0.4, -0.2) is 23.2 Å². The fourth-order valence-corrected chi connectivity index (χ4v) is 1.81. The Morgan fingerprint density at radius 1 is 1.47 bits per heavy atom. The van der Waals surface area contributed by atoms with Crippen molar-refractivity contribution >= 4 is 5.82 Å². The van der Waals surface area contributed by atoms with Crippen LogP contribution in [0.3, 0.4) is 0 Å². The third-order valence-electron chi connectivity index (χ3n) is 3.24. The molecule has 1 aromatic heterocycles. The van der Waals surface area contributed by atoms with Crippen molar-refractivity contribution in [3.05, 3.63) is 23.9 Å². The molecule has 1 aromatic rings. The summed E-state index contributed by atoms with van der Waals surface area (Å²) in [6.45, 7) is 1.76. The van der Waals surface area contributed by atoms with Gasteiger partial charge >= 0.3 is 0 Å². The molecule has 0 saturated heterocycles. The van der Waals surface area contributed by atoms with Crippen LogP contribution in [0.2, 0.25) is 0 Å². The van der Waals surface area contributed by atoms with E-state index in [-0.39, 0.29) is 0 Å². The summed E-state index contributed by atoms with van der Waals surface area (Å²) in [6.07, 6.45) is 5.21. The summed E-state index contributed by atoms with van der Waals surface area (Å²) in [6, 6.07) is 4.60. The van der Waals surface area contributed by atoms with Gasteiger partial charge in [-0.05, 0) is 37.8 Å². The molecule has 0 unspecified atom stereocenters. The molecule has 0 aromatic carbocycles. The minimum Gasteiger partial charge on any atom is -0.389 e. The predicted octanol–water partition coefficient (Wildman–Crippen LogP) is 2.12. The Morgan fingerprint density at radius 3 is 2.60 bits per heavy atom. The van der Waals surface area contributed by atoms with Crippen LogP contribution in [-0.2, 0) is 0 Å². The highest BCUT2D eigenvalue weighted by molar-refractivity contribution is 5.40. The van der Waals surface area contributed by atoms with Gasteiger partial charge in [0.25, 0.3) is 0 Å².